The smallest absolute Gasteiger partial charge is 0.352 e. The van der Waals surface area contributed by atoms with Crippen LogP contribution in [-0.4, -0.2) is 26.8 Å². The molecular formula is C21H17ClN4O3. The van der Waals surface area contributed by atoms with Crippen LogP contribution in [0.4, 0.5) is 11.5 Å². The molecule has 1 aliphatic heterocycles. The molecule has 0 bridgehead atoms. The first-order valence-corrected chi connectivity index (χ1v) is 9.23. The van der Waals surface area contributed by atoms with Gasteiger partial charge in [-0.3, -0.25) is 4.79 Å². The highest BCUT2D eigenvalue weighted by atomic mass is 35.5. The molecule has 0 radical (unpaired) electrons. The number of hydrogen-bond donors (Lipinski definition) is 3. The van der Waals surface area contributed by atoms with E-state index in [2.05, 4.69) is 15.7 Å². The first kappa shape index (κ1) is 18.8. The van der Waals surface area contributed by atoms with Gasteiger partial charge < -0.3 is 15.7 Å². The summed E-state index contributed by atoms with van der Waals surface area (Å²) in [6, 6.07) is 14.0. The Balaban J connectivity index is 1.72. The van der Waals surface area contributed by atoms with Crippen LogP contribution in [0.2, 0.25) is 5.02 Å². The van der Waals surface area contributed by atoms with Crippen molar-refractivity contribution in [2.45, 2.75) is 13.0 Å². The van der Waals surface area contributed by atoms with Gasteiger partial charge >= 0.3 is 5.97 Å². The van der Waals surface area contributed by atoms with E-state index in [1.165, 1.54) is 6.20 Å². The van der Waals surface area contributed by atoms with Crippen LogP contribution < -0.4 is 10.6 Å². The molecule has 0 aliphatic carbocycles. The van der Waals surface area contributed by atoms with Crippen LogP contribution in [0.3, 0.4) is 0 Å². The second kappa shape index (κ2) is 7.44. The number of nitrogens with zero attached hydrogens (tertiary/aromatic N) is 2. The summed E-state index contributed by atoms with van der Waals surface area (Å²) in [5.74, 6) is -1.19. The first-order chi connectivity index (χ1) is 13.9. The Kier molecular flexibility index (Phi) is 4.82. The predicted octanol–water partition coefficient (Wildman–Crippen LogP) is 4.08. The van der Waals surface area contributed by atoms with Crippen LogP contribution in [0.1, 0.15) is 27.5 Å². The van der Waals surface area contributed by atoms with E-state index in [1.807, 2.05) is 25.1 Å². The van der Waals surface area contributed by atoms with Crippen molar-refractivity contribution in [1.29, 1.82) is 0 Å². The molecule has 0 saturated carbocycles. The number of allylic oxidation sites excluding steroid dienone is 1. The number of carbonyl (C=O) groups is 2. The molecule has 3 N–H and O–H groups in total. The van der Waals surface area contributed by atoms with E-state index in [9.17, 15) is 14.7 Å². The minimum absolute atomic E-state index is 0.0254. The second-order valence-electron chi connectivity index (χ2n) is 6.68. The van der Waals surface area contributed by atoms with Gasteiger partial charge in [0.25, 0.3) is 5.91 Å². The number of fused-ring (bicyclic) bond motifs is 1. The first-order valence-electron chi connectivity index (χ1n) is 8.85. The Hall–Kier alpha value is -3.58. The third-order valence-corrected chi connectivity index (χ3v) is 4.85. The quantitative estimate of drug-likeness (QED) is 0.604. The average molecular weight is 409 g/mol. The molecule has 0 saturated heterocycles. The zero-order valence-corrected chi connectivity index (χ0v) is 16.1. The number of carboxylic acid groups (broad SMARTS) is 1. The second-order valence-corrected chi connectivity index (χ2v) is 7.12. The van der Waals surface area contributed by atoms with E-state index in [0.717, 1.165) is 11.1 Å². The number of benzene rings is 2. The van der Waals surface area contributed by atoms with Crippen molar-refractivity contribution >= 4 is 35.0 Å². The largest absolute Gasteiger partial charge is 0.477 e. The summed E-state index contributed by atoms with van der Waals surface area (Å²) in [7, 11) is 0. The van der Waals surface area contributed by atoms with Gasteiger partial charge in [-0.15, -0.1) is 0 Å². The molecule has 1 amide bonds. The van der Waals surface area contributed by atoms with Crippen LogP contribution in [-0.2, 0) is 4.79 Å². The molecule has 2 aromatic carbocycles. The third-order valence-electron chi connectivity index (χ3n) is 4.60. The Morgan fingerprint density at radius 2 is 1.97 bits per heavy atom. The van der Waals surface area contributed by atoms with E-state index in [4.69, 9.17) is 11.6 Å². The Bertz CT molecular complexity index is 1140. The van der Waals surface area contributed by atoms with Crippen LogP contribution >= 0.6 is 11.6 Å². The number of aromatic nitrogens is 2. The number of nitrogens with one attached hydrogen (secondary N) is 2. The number of amides is 1. The number of aliphatic carboxylic acids is 1. The van der Waals surface area contributed by atoms with Gasteiger partial charge in [0.15, 0.2) is 0 Å². The molecule has 29 heavy (non-hydrogen) atoms. The third kappa shape index (κ3) is 3.72. The number of carboxylic acids is 1. The van der Waals surface area contributed by atoms with Crippen molar-refractivity contribution < 1.29 is 14.7 Å². The lowest BCUT2D eigenvalue weighted by Gasteiger charge is -2.24. The van der Waals surface area contributed by atoms with Crippen LogP contribution in [0.25, 0.3) is 0 Å². The van der Waals surface area contributed by atoms with Gasteiger partial charge in [-0.2, -0.15) is 5.10 Å². The normalized spacial score (nSPS) is 15.1. The standard InChI is InChI=1S/C21H17ClN4O3/c1-12-3-2-4-15(9-12)24-20(27)16-11-23-26-18(13-5-7-14(22)8-6-13)10-17(21(28)29)25-19(16)26/h2-11,18,25H,1H3,(H,24,27)(H,28,29). The van der Waals surface area contributed by atoms with Crippen LogP contribution in [0, 0.1) is 6.92 Å². The molecule has 146 valence electrons. The molecule has 2 heterocycles. The highest BCUT2D eigenvalue weighted by molar-refractivity contribution is 6.30. The van der Waals surface area contributed by atoms with Crippen LogP contribution in [0.15, 0.2) is 66.5 Å². The lowest BCUT2D eigenvalue weighted by atomic mass is 10.0. The fraction of sp³-hybridized carbons (Fsp3) is 0.0952. The fourth-order valence-corrected chi connectivity index (χ4v) is 3.33. The Morgan fingerprint density at radius 1 is 1.21 bits per heavy atom. The Labute approximate surface area is 171 Å². The van der Waals surface area contributed by atoms with Crippen molar-refractivity contribution in [2.75, 3.05) is 10.6 Å². The van der Waals surface area contributed by atoms with Crippen molar-refractivity contribution in [3.63, 3.8) is 0 Å². The zero-order valence-electron chi connectivity index (χ0n) is 15.4. The van der Waals surface area contributed by atoms with Crippen molar-refractivity contribution in [3.05, 3.63) is 88.2 Å². The summed E-state index contributed by atoms with van der Waals surface area (Å²) >= 11 is 5.97. The number of hydrogen-bond acceptors (Lipinski definition) is 4. The molecule has 0 spiro atoms. The maximum absolute atomic E-state index is 12.8. The molecule has 4 rings (SSSR count). The summed E-state index contributed by atoms with van der Waals surface area (Å²) in [6.45, 7) is 1.93. The minimum Gasteiger partial charge on any atom is -0.477 e. The highest BCUT2D eigenvalue weighted by Gasteiger charge is 2.29. The Morgan fingerprint density at radius 3 is 2.66 bits per heavy atom. The summed E-state index contributed by atoms with van der Waals surface area (Å²) in [5, 5.41) is 20.1. The number of halogens is 1. The van der Waals surface area contributed by atoms with Crippen molar-refractivity contribution in [3.8, 4) is 0 Å². The van der Waals surface area contributed by atoms with E-state index >= 15 is 0 Å². The van der Waals surface area contributed by atoms with Gasteiger partial charge in [0, 0.05) is 10.7 Å². The SMILES string of the molecule is Cc1cccc(NC(=O)c2cnn3c2NC(C(=O)O)=CC3c2ccc(Cl)cc2)c1. The molecule has 1 aromatic heterocycles. The van der Waals surface area contributed by atoms with Gasteiger partial charge in [-0.05, 0) is 48.4 Å². The summed E-state index contributed by atoms with van der Waals surface area (Å²) in [5.41, 5.74) is 2.68. The topological polar surface area (TPSA) is 96.3 Å². The number of carbonyl (C=O) groups excluding carboxylic acids is 1. The molecule has 1 aliphatic rings. The molecule has 0 fully saturated rings. The van der Waals surface area contributed by atoms with Crippen molar-refractivity contribution in [2.24, 2.45) is 0 Å². The highest BCUT2D eigenvalue weighted by Crippen LogP contribution is 2.33. The zero-order chi connectivity index (χ0) is 20.5. The van der Waals surface area contributed by atoms with E-state index < -0.39 is 12.0 Å². The molecular weight excluding hydrogens is 392 g/mol. The lowest BCUT2D eigenvalue weighted by molar-refractivity contribution is -0.132. The molecule has 1 atom stereocenters. The van der Waals surface area contributed by atoms with E-state index in [1.54, 1.807) is 41.1 Å². The molecule has 8 heteroatoms. The van der Waals surface area contributed by atoms with Gasteiger partial charge in [0.2, 0.25) is 0 Å². The predicted molar refractivity (Wildman–Crippen MR) is 110 cm³/mol. The number of rotatable bonds is 4. The van der Waals surface area contributed by atoms with Gasteiger partial charge in [0.1, 0.15) is 17.1 Å². The van der Waals surface area contributed by atoms with Crippen LogP contribution in [0.5, 0.6) is 0 Å². The monoisotopic (exact) mass is 408 g/mol. The fourth-order valence-electron chi connectivity index (χ4n) is 3.20. The van der Waals surface area contributed by atoms with Gasteiger partial charge in [-0.1, -0.05) is 35.9 Å². The maximum Gasteiger partial charge on any atom is 0.352 e. The summed E-state index contributed by atoms with van der Waals surface area (Å²) in [6.07, 6.45) is 2.98. The van der Waals surface area contributed by atoms with E-state index in [0.29, 0.717) is 16.5 Å². The van der Waals surface area contributed by atoms with Gasteiger partial charge in [-0.25, -0.2) is 9.48 Å². The molecule has 3 aromatic rings. The number of aryl methyl sites for hydroxylation is 1. The van der Waals surface area contributed by atoms with Gasteiger partial charge in [0.05, 0.1) is 12.2 Å². The maximum atomic E-state index is 12.8. The molecule has 1 unspecified atom stereocenters. The summed E-state index contributed by atoms with van der Waals surface area (Å²) in [4.78, 5) is 24.5. The van der Waals surface area contributed by atoms with Crippen molar-refractivity contribution in [1.82, 2.24) is 9.78 Å². The minimum atomic E-state index is -1.12. The number of anilines is 2. The summed E-state index contributed by atoms with van der Waals surface area (Å²) < 4.78 is 1.58. The average Bonchev–Trinajstić information content (AvgIpc) is 3.12. The molecule has 7 nitrogen and oxygen atoms in total. The van der Waals surface area contributed by atoms with E-state index in [-0.39, 0.29) is 17.2 Å². The lowest BCUT2D eigenvalue weighted by Crippen LogP contribution is -2.25.